The molecule has 0 aliphatic rings. The van der Waals surface area contributed by atoms with Gasteiger partial charge in [0.05, 0.1) is 17.7 Å². The van der Waals surface area contributed by atoms with E-state index in [9.17, 15) is 4.79 Å². The van der Waals surface area contributed by atoms with Crippen LogP contribution in [0.1, 0.15) is 21.5 Å². The van der Waals surface area contributed by atoms with E-state index in [0.29, 0.717) is 16.5 Å². The summed E-state index contributed by atoms with van der Waals surface area (Å²) in [6.45, 7) is 1.82. The largest absolute Gasteiger partial charge is 0.465 e. The third-order valence-electron chi connectivity index (χ3n) is 1.87. The van der Waals surface area contributed by atoms with Gasteiger partial charge in [0.2, 0.25) is 0 Å². The van der Waals surface area contributed by atoms with Gasteiger partial charge in [-0.3, -0.25) is 0 Å². The van der Waals surface area contributed by atoms with Crippen LogP contribution in [0.2, 0.25) is 5.02 Å². The van der Waals surface area contributed by atoms with Gasteiger partial charge in [0.1, 0.15) is 0 Å². The highest BCUT2D eigenvalue weighted by atomic mass is 35.5. The summed E-state index contributed by atoms with van der Waals surface area (Å²) in [4.78, 5) is 11.3. The maximum Gasteiger partial charge on any atom is 0.339 e. The molecule has 1 aromatic carbocycles. The quantitative estimate of drug-likeness (QED) is 0.579. The Bertz CT molecular complexity index is 361. The lowest BCUT2D eigenvalue weighted by atomic mass is 10.1. The number of methoxy groups -OCH3 is 1. The second-order valence-corrected chi connectivity index (χ2v) is 3.54. The van der Waals surface area contributed by atoms with Crippen LogP contribution in [0.5, 0.6) is 0 Å². The van der Waals surface area contributed by atoms with Gasteiger partial charge in [0, 0.05) is 5.88 Å². The Labute approximate surface area is 92.8 Å². The average molecular weight is 233 g/mol. The van der Waals surface area contributed by atoms with Gasteiger partial charge >= 0.3 is 5.97 Å². The van der Waals surface area contributed by atoms with Crippen molar-refractivity contribution in [2.75, 3.05) is 7.11 Å². The number of carbonyl (C=O) groups is 1. The fourth-order valence-electron chi connectivity index (χ4n) is 1.18. The molecule has 0 fully saturated rings. The number of ether oxygens (including phenoxy) is 1. The van der Waals surface area contributed by atoms with E-state index in [1.165, 1.54) is 7.11 Å². The first-order valence-corrected chi connectivity index (χ1v) is 4.94. The minimum absolute atomic E-state index is 0.349. The number of benzene rings is 1. The fourth-order valence-corrected chi connectivity index (χ4v) is 1.52. The standard InChI is InChI=1S/C10H10Cl2O2/c1-6-3-7(5-11)4-8(9(6)12)10(13)14-2/h3-4H,5H2,1-2H3. The number of halogens is 2. The molecule has 0 radical (unpaired) electrons. The molecule has 0 saturated heterocycles. The Morgan fingerprint density at radius 3 is 2.64 bits per heavy atom. The molecule has 1 rings (SSSR count). The first-order chi connectivity index (χ1) is 6.60. The molecule has 0 aromatic heterocycles. The summed E-state index contributed by atoms with van der Waals surface area (Å²) in [6.07, 6.45) is 0. The van der Waals surface area contributed by atoms with Crippen molar-refractivity contribution in [3.63, 3.8) is 0 Å². The maximum atomic E-state index is 11.3. The predicted octanol–water partition coefficient (Wildman–Crippen LogP) is 3.17. The smallest absolute Gasteiger partial charge is 0.339 e. The van der Waals surface area contributed by atoms with Gasteiger partial charge in [-0.05, 0) is 24.1 Å². The molecule has 0 spiro atoms. The number of hydrogen-bond acceptors (Lipinski definition) is 2. The maximum absolute atomic E-state index is 11.3. The molecule has 0 N–H and O–H groups in total. The van der Waals surface area contributed by atoms with E-state index in [2.05, 4.69) is 4.74 Å². The van der Waals surface area contributed by atoms with Crippen molar-refractivity contribution in [1.82, 2.24) is 0 Å². The van der Waals surface area contributed by atoms with Crippen molar-refractivity contribution in [3.8, 4) is 0 Å². The van der Waals surface area contributed by atoms with Gasteiger partial charge < -0.3 is 4.74 Å². The van der Waals surface area contributed by atoms with Gasteiger partial charge in [0.15, 0.2) is 0 Å². The van der Waals surface area contributed by atoms with Crippen molar-refractivity contribution in [2.24, 2.45) is 0 Å². The Kier molecular flexibility index (Phi) is 3.78. The van der Waals surface area contributed by atoms with Crippen molar-refractivity contribution in [1.29, 1.82) is 0 Å². The monoisotopic (exact) mass is 232 g/mol. The molecular formula is C10H10Cl2O2. The van der Waals surface area contributed by atoms with Crippen molar-refractivity contribution in [2.45, 2.75) is 12.8 Å². The van der Waals surface area contributed by atoms with Crippen LogP contribution in [0.3, 0.4) is 0 Å². The summed E-state index contributed by atoms with van der Waals surface area (Å²) < 4.78 is 4.61. The minimum Gasteiger partial charge on any atom is -0.465 e. The van der Waals surface area contributed by atoms with Gasteiger partial charge in [-0.15, -0.1) is 11.6 Å². The van der Waals surface area contributed by atoms with Crippen LogP contribution in [0.15, 0.2) is 12.1 Å². The number of hydrogen-bond donors (Lipinski definition) is 0. The molecule has 14 heavy (non-hydrogen) atoms. The van der Waals surface area contributed by atoms with Crippen molar-refractivity contribution >= 4 is 29.2 Å². The lowest BCUT2D eigenvalue weighted by Crippen LogP contribution is -2.04. The van der Waals surface area contributed by atoms with Crippen molar-refractivity contribution in [3.05, 3.63) is 33.8 Å². The van der Waals surface area contributed by atoms with Crippen LogP contribution >= 0.6 is 23.2 Å². The van der Waals surface area contributed by atoms with E-state index in [0.717, 1.165) is 11.1 Å². The van der Waals surface area contributed by atoms with Gasteiger partial charge in [-0.2, -0.15) is 0 Å². The SMILES string of the molecule is COC(=O)c1cc(CCl)cc(C)c1Cl. The molecule has 1 aromatic rings. The molecule has 0 amide bonds. The molecular weight excluding hydrogens is 223 g/mol. The van der Waals surface area contributed by atoms with E-state index < -0.39 is 5.97 Å². The zero-order valence-corrected chi connectivity index (χ0v) is 9.45. The normalized spacial score (nSPS) is 10.0. The summed E-state index contributed by atoms with van der Waals surface area (Å²) in [5, 5.41) is 0.422. The highest BCUT2D eigenvalue weighted by Gasteiger charge is 2.13. The van der Waals surface area contributed by atoms with Crippen LogP contribution in [-0.2, 0) is 10.6 Å². The second kappa shape index (κ2) is 4.67. The second-order valence-electron chi connectivity index (χ2n) is 2.90. The zero-order valence-electron chi connectivity index (χ0n) is 7.93. The number of aryl methyl sites for hydroxylation is 1. The summed E-state index contributed by atoms with van der Waals surface area (Å²) in [6, 6.07) is 3.50. The number of carbonyl (C=O) groups excluding carboxylic acids is 1. The third-order valence-corrected chi connectivity index (χ3v) is 2.68. The minimum atomic E-state index is -0.440. The summed E-state index contributed by atoms with van der Waals surface area (Å²) in [5.74, 6) is -0.0905. The zero-order chi connectivity index (χ0) is 10.7. The van der Waals surface area contributed by atoms with Gasteiger partial charge in [-0.25, -0.2) is 4.79 Å². The van der Waals surface area contributed by atoms with E-state index in [4.69, 9.17) is 23.2 Å². The Morgan fingerprint density at radius 2 is 2.14 bits per heavy atom. The summed E-state index contributed by atoms with van der Waals surface area (Å²) in [7, 11) is 1.32. The lowest BCUT2D eigenvalue weighted by molar-refractivity contribution is 0.0600. The molecule has 4 heteroatoms. The van der Waals surface area contributed by atoms with Crippen LogP contribution in [0.4, 0.5) is 0 Å². The highest BCUT2D eigenvalue weighted by Crippen LogP contribution is 2.24. The Balaban J connectivity index is 3.27. The first-order valence-electron chi connectivity index (χ1n) is 4.03. The molecule has 0 aliphatic carbocycles. The topological polar surface area (TPSA) is 26.3 Å². The van der Waals surface area contributed by atoms with E-state index in [1.807, 2.05) is 13.0 Å². The van der Waals surface area contributed by atoms with E-state index >= 15 is 0 Å². The third kappa shape index (κ3) is 2.20. The van der Waals surface area contributed by atoms with Gasteiger partial charge in [-0.1, -0.05) is 17.7 Å². The number of esters is 1. The van der Waals surface area contributed by atoms with E-state index in [1.54, 1.807) is 6.07 Å². The average Bonchev–Trinajstić information content (AvgIpc) is 2.20. The fraction of sp³-hybridized carbons (Fsp3) is 0.300. The van der Waals surface area contributed by atoms with Crippen LogP contribution in [0, 0.1) is 6.92 Å². The Hall–Kier alpha value is -0.730. The number of alkyl halides is 1. The van der Waals surface area contributed by atoms with Crippen LogP contribution in [-0.4, -0.2) is 13.1 Å². The molecule has 0 atom stereocenters. The van der Waals surface area contributed by atoms with Gasteiger partial charge in [0.25, 0.3) is 0 Å². The molecule has 0 saturated carbocycles. The predicted molar refractivity (Wildman–Crippen MR) is 57.1 cm³/mol. The highest BCUT2D eigenvalue weighted by molar-refractivity contribution is 6.34. The lowest BCUT2D eigenvalue weighted by Gasteiger charge is -2.07. The molecule has 0 unspecified atom stereocenters. The van der Waals surface area contributed by atoms with Crippen molar-refractivity contribution < 1.29 is 9.53 Å². The molecule has 76 valence electrons. The molecule has 2 nitrogen and oxygen atoms in total. The molecule has 0 heterocycles. The summed E-state index contributed by atoms with van der Waals surface area (Å²) >= 11 is 11.6. The molecule has 0 aliphatic heterocycles. The first kappa shape index (κ1) is 11.3. The Morgan fingerprint density at radius 1 is 1.50 bits per heavy atom. The van der Waals surface area contributed by atoms with Crippen LogP contribution < -0.4 is 0 Å². The van der Waals surface area contributed by atoms with E-state index in [-0.39, 0.29) is 0 Å². The molecule has 0 bridgehead atoms. The van der Waals surface area contributed by atoms with Crippen LogP contribution in [0.25, 0.3) is 0 Å². The number of rotatable bonds is 2. The summed E-state index contributed by atoms with van der Waals surface area (Å²) in [5.41, 5.74) is 2.05.